The molecule has 1 aromatic rings. The number of rotatable bonds is 4. The second-order valence-electron chi connectivity index (χ2n) is 4.75. The predicted octanol–water partition coefficient (Wildman–Crippen LogP) is 4.41. The standard InChI is InChI=1S/C14H17BrN2S/c1-18-14(6-2-3-7-14)10-17-13-8-12(15)5-4-11(13)9-16/h4-5,8,17H,2-3,6-7,10H2,1H3. The Balaban J connectivity index is 2.10. The summed E-state index contributed by atoms with van der Waals surface area (Å²) in [6.45, 7) is 0.944. The van der Waals surface area contributed by atoms with Crippen LogP contribution >= 0.6 is 27.7 Å². The lowest BCUT2D eigenvalue weighted by Crippen LogP contribution is -2.30. The Morgan fingerprint density at radius 3 is 2.78 bits per heavy atom. The number of nitriles is 1. The zero-order chi connectivity index (χ0) is 13.0. The molecular formula is C14H17BrN2S. The van der Waals surface area contributed by atoms with Gasteiger partial charge < -0.3 is 5.32 Å². The Morgan fingerprint density at radius 2 is 2.17 bits per heavy atom. The highest BCUT2D eigenvalue weighted by Crippen LogP contribution is 2.40. The maximum Gasteiger partial charge on any atom is 0.101 e. The number of thioether (sulfide) groups is 1. The Bertz CT molecular complexity index is 461. The van der Waals surface area contributed by atoms with Gasteiger partial charge in [0.05, 0.1) is 11.3 Å². The van der Waals surface area contributed by atoms with Crippen LogP contribution in [0.15, 0.2) is 22.7 Å². The van der Waals surface area contributed by atoms with E-state index in [-0.39, 0.29) is 0 Å². The van der Waals surface area contributed by atoms with Gasteiger partial charge in [0.15, 0.2) is 0 Å². The van der Waals surface area contributed by atoms with Crippen LogP contribution in [0.25, 0.3) is 0 Å². The summed E-state index contributed by atoms with van der Waals surface area (Å²) in [7, 11) is 0. The average molecular weight is 325 g/mol. The van der Waals surface area contributed by atoms with Gasteiger partial charge in [0, 0.05) is 15.8 Å². The van der Waals surface area contributed by atoms with Gasteiger partial charge in [-0.25, -0.2) is 0 Å². The molecule has 1 saturated carbocycles. The number of benzene rings is 1. The highest BCUT2D eigenvalue weighted by molar-refractivity contribution is 9.10. The molecule has 0 amide bonds. The van der Waals surface area contributed by atoms with Crippen LogP contribution in [0.3, 0.4) is 0 Å². The first-order valence-corrected chi connectivity index (χ1v) is 8.19. The topological polar surface area (TPSA) is 35.8 Å². The van der Waals surface area contributed by atoms with Crippen LogP contribution in [0.2, 0.25) is 0 Å². The van der Waals surface area contributed by atoms with E-state index in [1.807, 2.05) is 30.0 Å². The van der Waals surface area contributed by atoms with E-state index >= 15 is 0 Å². The quantitative estimate of drug-likeness (QED) is 0.891. The number of hydrogen-bond acceptors (Lipinski definition) is 3. The Hall–Kier alpha value is -0.660. The van der Waals surface area contributed by atoms with Crippen molar-refractivity contribution in [3.8, 4) is 6.07 Å². The number of halogens is 1. The monoisotopic (exact) mass is 324 g/mol. The van der Waals surface area contributed by atoms with Crippen LogP contribution in [0.1, 0.15) is 31.2 Å². The fourth-order valence-corrected chi connectivity index (χ4v) is 3.76. The third-order valence-electron chi connectivity index (χ3n) is 3.65. The van der Waals surface area contributed by atoms with E-state index in [2.05, 4.69) is 33.6 Å². The SMILES string of the molecule is CSC1(CNc2cc(Br)ccc2C#N)CCCC1. The number of nitrogens with zero attached hydrogens (tertiary/aromatic N) is 1. The molecule has 0 spiro atoms. The molecule has 4 heteroatoms. The van der Waals surface area contributed by atoms with Crippen molar-refractivity contribution in [2.24, 2.45) is 0 Å². The minimum absolute atomic E-state index is 0.356. The molecule has 1 aliphatic rings. The molecule has 1 aliphatic carbocycles. The molecule has 1 fully saturated rings. The average Bonchev–Trinajstić information content (AvgIpc) is 2.86. The van der Waals surface area contributed by atoms with Gasteiger partial charge in [-0.3, -0.25) is 0 Å². The highest BCUT2D eigenvalue weighted by Gasteiger charge is 2.32. The van der Waals surface area contributed by atoms with E-state index < -0.39 is 0 Å². The Labute approximate surface area is 121 Å². The summed E-state index contributed by atoms with van der Waals surface area (Å²) < 4.78 is 1.36. The molecule has 2 nitrogen and oxygen atoms in total. The molecule has 18 heavy (non-hydrogen) atoms. The highest BCUT2D eigenvalue weighted by atomic mass is 79.9. The molecule has 0 atom stereocenters. The van der Waals surface area contributed by atoms with E-state index in [0.717, 1.165) is 16.7 Å². The lowest BCUT2D eigenvalue weighted by atomic mass is 10.1. The Kier molecular flexibility index (Phi) is 4.58. The maximum atomic E-state index is 9.11. The van der Waals surface area contributed by atoms with Crippen LogP contribution in [0.4, 0.5) is 5.69 Å². The summed E-state index contributed by atoms with van der Waals surface area (Å²) in [5, 5.41) is 12.6. The van der Waals surface area contributed by atoms with Crippen molar-refractivity contribution in [3.05, 3.63) is 28.2 Å². The lowest BCUT2D eigenvalue weighted by molar-refractivity contribution is 0.640. The van der Waals surface area contributed by atoms with Gasteiger partial charge in [-0.05, 0) is 37.3 Å². The normalized spacial score (nSPS) is 17.4. The fourth-order valence-electron chi connectivity index (χ4n) is 2.49. The molecule has 0 radical (unpaired) electrons. The van der Waals surface area contributed by atoms with Gasteiger partial charge in [0.2, 0.25) is 0 Å². The van der Waals surface area contributed by atoms with Gasteiger partial charge in [0.25, 0.3) is 0 Å². The first-order valence-electron chi connectivity index (χ1n) is 6.18. The van der Waals surface area contributed by atoms with E-state index in [1.165, 1.54) is 25.7 Å². The third kappa shape index (κ3) is 3.02. The molecule has 0 saturated heterocycles. The molecule has 0 heterocycles. The van der Waals surface area contributed by atoms with Crippen molar-refractivity contribution in [1.29, 1.82) is 5.26 Å². The van der Waals surface area contributed by atoms with E-state index in [1.54, 1.807) is 0 Å². The van der Waals surface area contributed by atoms with Gasteiger partial charge >= 0.3 is 0 Å². The number of nitrogens with one attached hydrogen (secondary N) is 1. The van der Waals surface area contributed by atoms with Gasteiger partial charge in [0.1, 0.15) is 6.07 Å². The predicted molar refractivity (Wildman–Crippen MR) is 82.1 cm³/mol. The second kappa shape index (κ2) is 5.99. The second-order valence-corrected chi connectivity index (χ2v) is 6.94. The van der Waals surface area contributed by atoms with E-state index in [9.17, 15) is 0 Å². The van der Waals surface area contributed by atoms with Crippen molar-refractivity contribution in [1.82, 2.24) is 0 Å². The number of hydrogen-bond donors (Lipinski definition) is 1. The zero-order valence-corrected chi connectivity index (χ0v) is 12.9. The number of anilines is 1. The van der Waals surface area contributed by atoms with Gasteiger partial charge in [-0.2, -0.15) is 17.0 Å². The van der Waals surface area contributed by atoms with Crippen molar-refractivity contribution < 1.29 is 0 Å². The first kappa shape index (κ1) is 13.8. The zero-order valence-electron chi connectivity index (χ0n) is 10.5. The molecule has 0 aliphatic heterocycles. The summed E-state index contributed by atoms with van der Waals surface area (Å²) >= 11 is 5.41. The van der Waals surface area contributed by atoms with Crippen molar-refractivity contribution in [3.63, 3.8) is 0 Å². The van der Waals surface area contributed by atoms with Crippen molar-refractivity contribution >= 4 is 33.4 Å². The summed E-state index contributed by atoms with van der Waals surface area (Å²) in [4.78, 5) is 0. The van der Waals surface area contributed by atoms with E-state index in [4.69, 9.17) is 5.26 Å². The molecule has 2 rings (SSSR count). The lowest BCUT2D eigenvalue weighted by Gasteiger charge is -2.27. The largest absolute Gasteiger partial charge is 0.383 e. The molecule has 0 unspecified atom stereocenters. The third-order valence-corrected chi connectivity index (χ3v) is 5.56. The van der Waals surface area contributed by atoms with Gasteiger partial charge in [-0.1, -0.05) is 28.8 Å². The maximum absolute atomic E-state index is 9.11. The molecule has 96 valence electrons. The molecule has 1 aromatic carbocycles. The molecule has 0 bridgehead atoms. The van der Waals surface area contributed by atoms with E-state index in [0.29, 0.717) is 10.3 Å². The minimum Gasteiger partial charge on any atom is -0.383 e. The van der Waals surface area contributed by atoms with Crippen molar-refractivity contribution in [2.45, 2.75) is 30.4 Å². The fraction of sp³-hybridized carbons (Fsp3) is 0.500. The molecule has 0 aromatic heterocycles. The van der Waals surface area contributed by atoms with Crippen LogP contribution in [0.5, 0.6) is 0 Å². The summed E-state index contributed by atoms with van der Waals surface area (Å²) in [6.07, 6.45) is 7.39. The smallest absolute Gasteiger partial charge is 0.101 e. The first-order chi connectivity index (χ1) is 8.69. The summed E-state index contributed by atoms with van der Waals surface area (Å²) in [5.41, 5.74) is 1.65. The summed E-state index contributed by atoms with van der Waals surface area (Å²) in [5.74, 6) is 0. The summed E-state index contributed by atoms with van der Waals surface area (Å²) in [6, 6.07) is 7.99. The van der Waals surface area contributed by atoms with Crippen LogP contribution in [-0.4, -0.2) is 17.5 Å². The Morgan fingerprint density at radius 1 is 1.44 bits per heavy atom. The van der Waals surface area contributed by atoms with Crippen LogP contribution in [0, 0.1) is 11.3 Å². The van der Waals surface area contributed by atoms with Gasteiger partial charge in [-0.15, -0.1) is 0 Å². The molecular weight excluding hydrogens is 308 g/mol. The van der Waals surface area contributed by atoms with Crippen LogP contribution in [-0.2, 0) is 0 Å². The molecule has 1 N–H and O–H groups in total. The van der Waals surface area contributed by atoms with Crippen molar-refractivity contribution in [2.75, 3.05) is 18.1 Å². The van der Waals surface area contributed by atoms with Crippen LogP contribution < -0.4 is 5.32 Å². The minimum atomic E-state index is 0.356.